The van der Waals surface area contributed by atoms with Gasteiger partial charge in [-0.15, -0.1) is 0 Å². The molecule has 10 heteroatoms. The first-order chi connectivity index (χ1) is 17.5. The van der Waals surface area contributed by atoms with Crippen molar-refractivity contribution in [2.24, 2.45) is 0 Å². The van der Waals surface area contributed by atoms with E-state index in [1.54, 1.807) is 49.6 Å². The van der Waals surface area contributed by atoms with E-state index in [0.717, 1.165) is 5.56 Å². The number of halogens is 1. The molecule has 184 valence electrons. The molecule has 0 bridgehead atoms. The molecule has 5 rings (SSSR count). The number of anilines is 1. The van der Waals surface area contributed by atoms with Gasteiger partial charge in [0.05, 0.1) is 18.7 Å². The molecular weight excluding hydrogens is 467 g/mol. The summed E-state index contributed by atoms with van der Waals surface area (Å²) in [7, 11) is 1.55. The molecule has 0 spiro atoms. The number of amides is 2. The lowest BCUT2D eigenvalue weighted by Crippen LogP contribution is -2.31. The molecule has 1 aromatic heterocycles. The molecule has 2 amide bonds. The van der Waals surface area contributed by atoms with Crippen LogP contribution in [0.25, 0.3) is 10.9 Å². The van der Waals surface area contributed by atoms with E-state index in [1.807, 2.05) is 6.92 Å². The summed E-state index contributed by atoms with van der Waals surface area (Å²) in [6.07, 6.45) is 1.40. The van der Waals surface area contributed by atoms with Crippen LogP contribution in [0.3, 0.4) is 0 Å². The van der Waals surface area contributed by atoms with Crippen molar-refractivity contribution in [1.29, 1.82) is 0 Å². The highest BCUT2D eigenvalue weighted by atomic mass is 19.1. The number of carbonyl (C=O) groups excluding carboxylic acids is 1. The molecule has 2 N–H and O–H groups in total. The zero-order valence-corrected chi connectivity index (χ0v) is 19.6. The third-order valence-electron chi connectivity index (χ3n) is 5.61. The summed E-state index contributed by atoms with van der Waals surface area (Å²) in [4.78, 5) is 21.0. The average molecular weight is 490 g/mol. The van der Waals surface area contributed by atoms with Crippen molar-refractivity contribution in [3.63, 3.8) is 0 Å². The van der Waals surface area contributed by atoms with Crippen LogP contribution in [-0.4, -0.2) is 36.3 Å². The van der Waals surface area contributed by atoms with Gasteiger partial charge >= 0.3 is 6.03 Å². The van der Waals surface area contributed by atoms with Gasteiger partial charge in [-0.25, -0.2) is 19.2 Å². The number of aromatic nitrogens is 2. The van der Waals surface area contributed by atoms with Crippen molar-refractivity contribution < 1.29 is 28.1 Å². The molecule has 36 heavy (non-hydrogen) atoms. The van der Waals surface area contributed by atoms with E-state index in [0.29, 0.717) is 58.7 Å². The number of methoxy groups -OCH3 is 1. The molecule has 1 aliphatic rings. The second-order valence-corrected chi connectivity index (χ2v) is 8.01. The van der Waals surface area contributed by atoms with Gasteiger partial charge in [-0.05, 0) is 48.9 Å². The molecule has 2 heterocycles. The van der Waals surface area contributed by atoms with E-state index in [4.69, 9.17) is 18.9 Å². The minimum atomic E-state index is -0.389. The number of rotatable bonds is 6. The van der Waals surface area contributed by atoms with Gasteiger partial charge in [-0.2, -0.15) is 0 Å². The molecular formula is C26H23FN4O5. The Morgan fingerprint density at radius 2 is 1.75 bits per heavy atom. The monoisotopic (exact) mass is 490 g/mol. The first-order valence-corrected chi connectivity index (χ1v) is 11.2. The molecule has 3 aromatic carbocycles. The molecule has 4 aromatic rings. The lowest BCUT2D eigenvalue weighted by Gasteiger charge is -2.22. The van der Waals surface area contributed by atoms with Crippen LogP contribution >= 0.6 is 0 Å². The van der Waals surface area contributed by atoms with Crippen LogP contribution in [0, 0.1) is 5.82 Å². The molecule has 0 fully saturated rings. The van der Waals surface area contributed by atoms with Crippen molar-refractivity contribution in [1.82, 2.24) is 15.3 Å². The second kappa shape index (κ2) is 9.95. The Hall–Kier alpha value is -4.60. The van der Waals surface area contributed by atoms with Crippen molar-refractivity contribution in [2.75, 3.05) is 25.6 Å². The molecule has 0 aliphatic carbocycles. The zero-order chi connectivity index (χ0) is 25.1. The fourth-order valence-corrected chi connectivity index (χ4v) is 3.83. The molecule has 0 radical (unpaired) electrons. The number of benzene rings is 3. The zero-order valence-electron chi connectivity index (χ0n) is 19.6. The lowest BCUT2D eigenvalue weighted by molar-refractivity contribution is 0.167. The van der Waals surface area contributed by atoms with Gasteiger partial charge in [0.2, 0.25) is 11.6 Å². The van der Waals surface area contributed by atoms with Crippen LogP contribution in [0.2, 0.25) is 0 Å². The van der Waals surface area contributed by atoms with Gasteiger partial charge in [0.25, 0.3) is 0 Å². The number of carbonyl (C=O) groups is 1. The Morgan fingerprint density at radius 3 is 2.47 bits per heavy atom. The van der Waals surface area contributed by atoms with Crippen LogP contribution < -0.4 is 29.6 Å². The van der Waals surface area contributed by atoms with E-state index in [2.05, 4.69) is 20.6 Å². The number of nitrogens with zero attached hydrogens (tertiary/aromatic N) is 2. The SMILES string of the molecule is COc1cc2ncnc(Oc3ccc(NC(=O)N[C@H](C)c4ccc(F)cc4)cc3)c2c2c1OCCO2. The molecule has 0 saturated heterocycles. The van der Waals surface area contributed by atoms with Gasteiger partial charge in [0.1, 0.15) is 36.5 Å². The van der Waals surface area contributed by atoms with Crippen molar-refractivity contribution >= 4 is 22.6 Å². The first-order valence-electron chi connectivity index (χ1n) is 11.2. The number of urea groups is 1. The highest BCUT2D eigenvalue weighted by molar-refractivity contribution is 5.94. The molecule has 0 saturated carbocycles. The normalized spacial score (nSPS) is 13.1. The molecule has 1 aliphatic heterocycles. The Labute approximate surface area is 206 Å². The maximum atomic E-state index is 13.1. The minimum Gasteiger partial charge on any atom is -0.493 e. The van der Waals surface area contributed by atoms with Crippen LogP contribution in [0.4, 0.5) is 14.9 Å². The maximum Gasteiger partial charge on any atom is 0.319 e. The second-order valence-electron chi connectivity index (χ2n) is 8.01. The molecule has 0 unspecified atom stereocenters. The van der Waals surface area contributed by atoms with Crippen LogP contribution in [0.5, 0.6) is 28.9 Å². The number of hydrogen-bond acceptors (Lipinski definition) is 7. The number of nitrogens with one attached hydrogen (secondary N) is 2. The Balaban J connectivity index is 1.30. The van der Waals surface area contributed by atoms with Crippen LogP contribution in [-0.2, 0) is 0 Å². The highest BCUT2D eigenvalue weighted by Crippen LogP contribution is 2.47. The van der Waals surface area contributed by atoms with Gasteiger partial charge in [-0.1, -0.05) is 12.1 Å². The van der Waals surface area contributed by atoms with E-state index >= 15 is 0 Å². The van der Waals surface area contributed by atoms with Crippen LogP contribution in [0.15, 0.2) is 60.9 Å². The summed E-state index contributed by atoms with van der Waals surface area (Å²) < 4.78 is 36.2. The van der Waals surface area contributed by atoms with Crippen LogP contribution in [0.1, 0.15) is 18.5 Å². The largest absolute Gasteiger partial charge is 0.493 e. The van der Waals surface area contributed by atoms with Gasteiger partial charge in [0.15, 0.2) is 11.5 Å². The predicted octanol–water partition coefficient (Wildman–Crippen LogP) is 5.22. The summed E-state index contributed by atoms with van der Waals surface area (Å²) >= 11 is 0. The summed E-state index contributed by atoms with van der Waals surface area (Å²) in [6, 6.07) is 13.9. The topological polar surface area (TPSA) is 104 Å². The molecule has 1 atom stereocenters. The highest BCUT2D eigenvalue weighted by Gasteiger charge is 2.25. The third-order valence-corrected chi connectivity index (χ3v) is 5.61. The minimum absolute atomic E-state index is 0.296. The van der Waals surface area contributed by atoms with Gasteiger partial charge in [0, 0.05) is 11.8 Å². The average Bonchev–Trinajstić information content (AvgIpc) is 2.89. The Kier molecular flexibility index (Phi) is 6.40. The molecule has 9 nitrogen and oxygen atoms in total. The van der Waals surface area contributed by atoms with Crippen molar-refractivity contribution in [3.8, 4) is 28.9 Å². The van der Waals surface area contributed by atoms with E-state index in [9.17, 15) is 9.18 Å². The number of fused-ring (bicyclic) bond motifs is 3. The number of ether oxygens (including phenoxy) is 4. The van der Waals surface area contributed by atoms with Crippen molar-refractivity contribution in [2.45, 2.75) is 13.0 Å². The summed E-state index contributed by atoms with van der Waals surface area (Å²) in [6.45, 7) is 2.61. The lowest BCUT2D eigenvalue weighted by atomic mass is 10.1. The first kappa shape index (κ1) is 23.2. The van der Waals surface area contributed by atoms with E-state index in [-0.39, 0.29) is 17.9 Å². The number of hydrogen-bond donors (Lipinski definition) is 2. The Bertz CT molecular complexity index is 1400. The van der Waals surface area contributed by atoms with Gasteiger partial charge < -0.3 is 29.6 Å². The smallest absolute Gasteiger partial charge is 0.319 e. The van der Waals surface area contributed by atoms with E-state index < -0.39 is 0 Å². The summed E-state index contributed by atoms with van der Waals surface area (Å²) in [5.74, 6) is 1.95. The third kappa shape index (κ3) is 4.78. The fraction of sp³-hybridized carbons (Fsp3) is 0.192. The quantitative estimate of drug-likeness (QED) is 0.382. The predicted molar refractivity (Wildman–Crippen MR) is 131 cm³/mol. The van der Waals surface area contributed by atoms with E-state index in [1.165, 1.54) is 18.5 Å². The summed E-state index contributed by atoms with van der Waals surface area (Å²) in [5, 5.41) is 6.17. The van der Waals surface area contributed by atoms with Crippen molar-refractivity contribution in [3.05, 3.63) is 72.3 Å². The summed E-state index contributed by atoms with van der Waals surface area (Å²) in [5.41, 5.74) is 1.95. The Morgan fingerprint density at radius 1 is 1.03 bits per heavy atom. The van der Waals surface area contributed by atoms with Gasteiger partial charge in [-0.3, -0.25) is 0 Å². The fourth-order valence-electron chi connectivity index (χ4n) is 3.83. The standard InChI is InChI=1S/C26H23FN4O5/c1-15(16-3-5-17(27)6-4-16)30-26(32)31-18-7-9-19(10-8-18)36-25-22-20(28-14-29-25)13-21(33-2)23-24(22)35-12-11-34-23/h3-10,13-15H,11-12H2,1-2H3,(H2,30,31,32)/t15-/m1/s1. The maximum absolute atomic E-state index is 13.1.